The van der Waals surface area contributed by atoms with Crippen molar-refractivity contribution in [2.75, 3.05) is 12.4 Å². The topological polar surface area (TPSA) is 64.6 Å². The highest BCUT2D eigenvalue weighted by molar-refractivity contribution is 6.32. The number of carbonyl (C=O) groups excluding carboxylic acids is 2. The first-order valence-corrected chi connectivity index (χ1v) is 8.93. The van der Waals surface area contributed by atoms with E-state index in [9.17, 15) is 14.0 Å². The fraction of sp³-hybridized carbons (Fsp3) is 0.300. The van der Waals surface area contributed by atoms with Crippen molar-refractivity contribution >= 4 is 29.0 Å². The zero-order chi connectivity index (χ0) is 19.6. The molecule has 27 heavy (non-hydrogen) atoms. The van der Waals surface area contributed by atoms with E-state index in [1.54, 1.807) is 6.07 Å². The summed E-state index contributed by atoms with van der Waals surface area (Å²) in [5, 5.41) is 2.84. The fourth-order valence-corrected chi connectivity index (χ4v) is 3.02. The predicted octanol–water partition coefficient (Wildman–Crippen LogP) is 4.87. The number of anilines is 1. The van der Waals surface area contributed by atoms with Gasteiger partial charge in [0.2, 0.25) is 0 Å². The number of amides is 1. The van der Waals surface area contributed by atoms with Gasteiger partial charge in [0.1, 0.15) is 5.82 Å². The quantitative estimate of drug-likeness (QED) is 0.713. The van der Waals surface area contributed by atoms with Crippen LogP contribution in [0.4, 0.5) is 10.1 Å². The maximum Gasteiger partial charge on any atom is 0.255 e. The lowest BCUT2D eigenvalue weighted by Gasteiger charge is -2.27. The molecule has 1 saturated carbocycles. The van der Waals surface area contributed by atoms with Crippen molar-refractivity contribution in [2.45, 2.75) is 32.3 Å². The van der Waals surface area contributed by atoms with Crippen LogP contribution in [-0.2, 0) is 0 Å². The average Bonchev–Trinajstić information content (AvgIpc) is 2.57. The molecule has 0 spiro atoms. The fourth-order valence-electron chi connectivity index (χ4n) is 2.73. The molecule has 1 aliphatic rings. The summed E-state index contributed by atoms with van der Waals surface area (Å²) in [6.45, 7) is 1.28. The predicted molar refractivity (Wildman–Crippen MR) is 101 cm³/mol. The van der Waals surface area contributed by atoms with Gasteiger partial charge >= 0.3 is 0 Å². The summed E-state index contributed by atoms with van der Waals surface area (Å²) in [6.07, 6.45) is 3.07. The molecule has 1 amide bonds. The molecule has 0 atom stereocenters. The lowest BCUT2D eigenvalue weighted by Crippen LogP contribution is -2.25. The van der Waals surface area contributed by atoms with Gasteiger partial charge in [-0.2, -0.15) is 0 Å². The molecule has 1 N–H and O–H groups in total. The van der Waals surface area contributed by atoms with Crippen LogP contribution in [0.5, 0.6) is 11.5 Å². The Morgan fingerprint density at radius 1 is 1.22 bits per heavy atom. The van der Waals surface area contributed by atoms with Crippen molar-refractivity contribution in [1.29, 1.82) is 0 Å². The van der Waals surface area contributed by atoms with E-state index >= 15 is 0 Å². The van der Waals surface area contributed by atoms with Crippen molar-refractivity contribution in [1.82, 2.24) is 0 Å². The molecule has 0 unspecified atom stereocenters. The molecule has 0 radical (unpaired) electrons. The van der Waals surface area contributed by atoms with Crippen LogP contribution in [0.15, 0.2) is 30.3 Å². The SMILES string of the molecule is COc1c(Cl)cc(C(=O)Nc2ccc(C(C)=O)c(F)c2)cc1OC1CCC1. The van der Waals surface area contributed by atoms with E-state index in [2.05, 4.69) is 5.32 Å². The molecular weight excluding hydrogens is 373 g/mol. The number of carbonyl (C=O) groups is 2. The summed E-state index contributed by atoms with van der Waals surface area (Å²) in [6, 6.07) is 6.92. The van der Waals surface area contributed by atoms with Gasteiger partial charge in [0.05, 0.1) is 23.8 Å². The Bertz CT molecular complexity index is 896. The number of ether oxygens (including phenoxy) is 2. The highest BCUT2D eigenvalue weighted by Gasteiger charge is 2.23. The molecule has 1 aliphatic carbocycles. The zero-order valence-corrected chi connectivity index (χ0v) is 15.7. The van der Waals surface area contributed by atoms with Crippen LogP contribution in [0, 0.1) is 5.82 Å². The minimum absolute atomic E-state index is 0.0309. The highest BCUT2D eigenvalue weighted by atomic mass is 35.5. The number of halogens is 2. The number of ketones is 1. The molecule has 2 aromatic rings. The maximum absolute atomic E-state index is 13.9. The maximum atomic E-state index is 13.9. The minimum Gasteiger partial charge on any atom is -0.491 e. The molecule has 0 heterocycles. The largest absolute Gasteiger partial charge is 0.491 e. The van der Waals surface area contributed by atoms with E-state index in [-0.39, 0.29) is 33.7 Å². The molecule has 1 fully saturated rings. The van der Waals surface area contributed by atoms with E-state index in [1.807, 2.05) is 0 Å². The molecule has 2 aromatic carbocycles. The zero-order valence-electron chi connectivity index (χ0n) is 15.0. The molecule has 0 bridgehead atoms. The summed E-state index contributed by atoms with van der Waals surface area (Å²) in [5.74, 6) is -0.782. The molecule has 142 valence electrons. The van der Waals surface area contributed by atoms with Gasteiger partial charge in [-0.05, 0) is 56.5 Å². The Kier molecular flexibility index (Phi) is 5.65. The van der Waals surface area contributed by atoms with E-state index < -0.39 is 11.7 Å². The van der Waals surface area contributed by atoms with Crippen LogP contribution in [0.3, 0.4) is 0 Å². The van der Waals surface area contributed by atoms with Gasteiger partial charge < -0.3 is 14.8 Å². The van der Waals surface area contributed by atoms with E-state index in [0.717, 1.165) is 25.3 Å². The van der Waals surface area contributed by atoms with E-state index in [1.165, 1.54) is 32.2 Å². The van der Waals surface area contributed by atoms with Crippen molar-refractivity contribution in [2.24, 2.45) is 0 Å². The lowest BCUT2D eigenvalue weighted by molar-refractivity contribution is 0.101. The first-order valence-electron chi connectivity index (χ1n) is 8.55. The van der Waals surface area contributed by atoms with Gasteiger partial charge in [-0.1, -0.05) is 11.6 Å². The van der Waals surface area contributed by atoms with Crippen molar-refractivity contribution < 1.29 is 23.5 Å². The van der Waals surface area contributed by atoms with Gasteiger partial charge in [0.15, 0.2) is 17.3 Å². The number of benzene rings is 2. The number of hydrogen-bond acceptors (Lipinski definition) is 4. The second kappa shape index (κ2) is 7.96. The van der Waals surface area contributed by atoms with Crippen LogP contribution in [0.25, 0.3) is 0 Å². The standard InChI is InChI=1S/C20H19ClFNO4/c1-11(24)15-7-6-13(10-17(15)22)23-20(25)12-8-16(21)19(26-2)18(9-12)27-14-4-3-5-14/h6-10,14H,3-5H2,1-2H3,(H,23,25). The Hall–Kier alpha value is -2.60. The van der Waals surface area contributed by atoms with Crippen LogP contribution in [0.1, 0.15) is 46.9 Å². The van der Waals surface area contributed by atoms with Gasteiger partial charge in [-0.25, -0.2) is 4.39 Å². The third kappa shape index (κ3) is 4.22. The Morgan fingerprint density at radius 3 is 2.52 bits per heavy atom. The summed E-state index contributed by atoms with van der Waals surface area (Å²) >= 11 is 6.22. The number of methoxy groups -OCH3 is 1. The van der Waals surface area contributed by atoms with Crippen LogP contribution in [0.2, 0.25) is 5.02 Å². The van der Waals surface area contributed by atoms with E-state index in [0.29, 0.717) is 11.5 Å². The van der Waals surface area contributed by atoms with Crippen LogP contribution < -0.4 is 14.8 Å². The smallest absolute Gasteiger partial charge is 0.255 e. The van der Waals surface area contributed by atoms with E-state index in [4.69, 9.17) is 21.1 Å². The number of rotatable bonds is 6. The number of hydrogen-bond donors (Lipinski definition) is 1. The summed E-state index contributed by atoms with van der Waals surface area (Å²) in [4.78, 5) is 23.9. The van der Waals surface area contributed by atoms with Gasteiger partial charge in [0, 0.05) is 11.3 Å². The summed E-state index contributed by atoms with van der Waals surface area (Å²) in [7, 11) is 1.48. The van der Waals surface area contributed by atoms with Crippen molar-refractivity contribution in [3.63, 3.8) is 0 Å². The normalized spacial score (nSPS) is 13.6. The third-order valence-corrected chi connectivity index (χ3v) is 4.71. The number of nitrogens with one attached hydrogen (secondary N) is 1. The molecule has 7 heteroatoms. The average molecular weight is 392 g/mol. The van der Waals surface area contributed by atoms with Gasteiger partial charge in [-0.3, -0.25) is 9.59 Å². The first kappa shape index (κ1) is 19.2. The lowest BCUT2D eigenvalue weighted by atomic mass is 9.96. The Balaban J connectivity index is 1.83. The molecular formula is C20H19ClFNO4. The molecule has 3 rings (SSSR count). The molecule has 0 aliphatic heterocycles. The van der Waals surface area contributed by atoms with Gasteiger partial charge in [0.25, 0.3) is 5.91 Å². The summed E-state index contributed by atoms with van der Waals surface area (Å²) < 4.78 is 25.1. The van der Waals surface area contributed by atoms with Crippen LogP contribution in [-0.4, -0.2) is 24.9 Å². The van der Waals surface area contributed by atoms with Crippen molar-refractivity contribution in [3.05, 3.63) is 52.3 Å². The molecule has 5 nitrogen and oxygen atoms in total. The third-order valence-electron chi connectivity index (χ3n) is 4.43. The second-order valence-electron chi connectivity index (χ2n) is 6.37. The van der Waals surface area contributed by atoms with Crippen LogP contribution >= 0.6 is 11.6 Å². The molecule has 0 aromatic heterocycles. The molecule has 0 saturated heterocycles. The monoisotopic (exact) mass is 391 g/mol. The van der Waals surface area contributed by atoms with Crippen molar-refractivity contribution in [3.8, 4) is 11.5 Å². The highest BCUT2D eigenvalue weighted by Crippen LogP contribution is 2.39. The first-order chi connectivity index (χ1) is 12.9. The number of Topliss-reactive ketones (excluding diaryl/α,β-unsaturated/α-hetero) is 1. The Morgan fingerprint density at radius 2 is 1.96 bits per heavy atom. The van der Waals surface area contributed by atoms with Gasteiger partial charge in [-0.15, -0.1) is 0 Å². The second-order valence-corrected chi connectivity index (χ2v) is 6.77. The Labute approximate surface area is 161 Å². The minimum atomic E-state index is -0.693. The summed E-state index contributed by atoms with van der Waals surface area (Å²) in [5.41, 5.74) is 0.457.